The SMILES string of the molecule is CC(C)c1ccccc1N(C(C)C(=O)O)S(=O)(=O)c1ccc(Br)cc1. The molecule has 2 aromatic carbocycles. The fraction of sp³-hybridized carbons (Fsp3) is 0.278. The summed E-state index contributed by atoms with van der Waals surface area (Å²) in [5.41, 5.74) is 1.16. The van der Waals surface area contributed by atoms with Crippen molar-refractivity contribution in [3.05, 3.63) is 58.6 Å². The molecule has 0 radical (unpaired) electrons. The lowest BCUT2D eigenvalue weighted by molar-refractivity contribution is -0.137. The predicted molar refractivity (Wildman–Crippen MR) is 101 cm³/mol. The smallest absolute Gasteiger partial charge is 0.327 e. The molecular formula is C18H20BrNO4S. The molecule has 0 aliphatic carbocycles. The number of halogens is 1. The van der Waals surface area contributed by atoms with Gasteiger partial charge in [0.2, 0.25) is 0 Å². The van der Waals surface area contributed by atoms with Crippen LogP contribution in [0, 0.1) is 0 Å². The summed E-state index contributed by atoms with van der Waals surface area (Å²) in [6.07, 6.45) is 0. The second-order valence-corrected chi connectivity index (χ2v) is 8.71. The molecule has 134 valence electrons. The van der Waals surface area contributed by atoms with Crippen LogP contribution in [-0.2, 0) is 14.8 Å². The summed E-state index contributed by atoms with van der Waals surface area (Å²) in [4.78, 5) is 11.7. The summed E-state index contributed by atoms with van der Waals surface area (Å²) in [6, 6.07) is 11.9. The van der Waals surface area contributed by atoms with Crippen LogP contribution in [0.5, 0.6) is 0 Å². The van der Waals surface area contributed by atoms with Gasteiger partial charge in [-0.1, -0.05) is 48.0 Å². The van der Waals surface area contributed by atoms with Crippen LogP contribution in [0.1, 0.15) is 32.3 Å². The van der Waals surface area contributed by atoms with E-state index in [9.17, 15) is 18.3 Å². The molecule has 0 aromatic heterocycles. The molecule has 0 aliphatic rings. The van der Waals surface area contributed by atoms with Crippen LogP contribution in [0.4, 0.5) is 5.69 Å². The molecule has 5 nitrogen and oxygen atoms in total. The van der Waals surface area contributed by atoms with E-state index in [1.165, 1.54) is 19.1 Å². The van der Waals surface area contributed by atoms with Gasteiger partial charge in [0.25, 0.3) is 10.0 Å². The lowest BCUT2D eigenvalue weighted by Gasteiger charge is -2.30. The van der Waals surface area contributed by atoms with Crippen LogP contribution in [0.3, 0.4) is 0 Å². The number of carboxylic acids is 1. The molecule has 1 N–H and O–H groups in total. The van der Waals surface area contributed by atoms with Crippen LogP contribution in [-0.4, -0.2) is 25.5 Å². The fourth-order valence-electron chi connectivity index (χ4n) is 2.54. The van der Waals surface area contributed by atoms with E-state index in [0.717, 1.165) is 14.3 Å². The quantitative estimate of drug-likeness (QED) is 0.750. The summed E-state index contributed by atoms with van der Waals surface area (Å²) in [7, 11) is -4.04. The van der Waals surface area contributed by atoms with Crippen LogP contribution in [0.2, 0.25) is 0 Å². The van der Waals surface area contributed by atoms with Gasteiger partial charge in [0.15, 0.2) is 0 Å². The second kappa shape index (κ2) is 7.58. The van der Waals surface area contributed by atoms with Crippen molar-refractivity contribution in [2.24, 2.45) is 0 Å². The highest BCUT2D eigenvalue weighted by atomic mass is 79.9. The van der Waals surface area contributed by atoms with E-state index in [0.29, 0.717) is 5.69 Å². The van der Waals surface area contributed by atoms with Gasteiger partial charge in [-0.05, 0) is 48.7 Å². The number of para-hydroxylation sites is 1. The molecule has 0 saturated carbocycles. The summed E-state index contributed by atoms with van der Waals surface area (Å²) in [5, 5.41) is 9.48. The monoisotopic (exact) mass is 425 g/mol. The summed E-state index contributed by atoms with van der Waals surface area (Å²) in [5.74, 6) is -1.17. The van der Waals surface area contributed by atoms with Crippen LogP contribution >= 0.6 is 15.9 Å². The van der Waals surface area contributed by atoms with Crippen molar-refractivity contribution in [3.63, 3.8) is 0 Å². The first kappa shape index (κ1) is 19.5. The van der Waals surface area contributed by atoms with Crippen molar-refractivity contribution < 1.29 is 18.3 Å². The first-order valence-corrected chi connectivity index (χ1v) is 10.0. The number of carbonyl (C=O) groups is 1. The average Bonchev–Trinajstić information content (AvgIpc) is 2.55. The number of benzene rings is 2. The number of sulfonamides is 1. The minimum atomic E-state index is -4.04. The van der Waals surface area contributed by atoms with Gasteiger partial charge in [-0.15, -0.1) is 0 Å². The van der Waals surface area contributed by atoms with Gasteiger partial charge in [0.05, 0.1) is 10.6 Å². The third-order valence-corrected chi connectivity index (χ3v) is 6.30. The molecule has 7 heteroatoms. The van der Waals surface area contributed by atoms with Gasteiger partial charge in [-0.2, -0.15) is 0 Å². The Morgan fingerprint density at radius 3 is 2.12 bits per heavy atom. The highest BCUT2D eigenvalue weighted by Crippen LogP contribution is 2.33. The number of aliphatic carboxylic acids is 1. The molecule has 2 aromatic rings. The topological polar surface area (TPSA) is 74.7 Å². The third-order valence-electron chi connectivity index (χ3n) is 3.88. The zero-order chi connectivity index (χ0) is 18.8. The molecular weight excluding hydrogens is 406 g/mol. The van der Waals surface area contributed by atoms with E-state index >= 15 is 0 Å². The minimum absolute atomic E-state index is 0.0415. The van der Waals surface area contributed by atoms with E-state index in [2.05, 4.69) is 15.9 Å². The minimum Gasteiger partial charge on any atom is -0.480 e. The molecule has 0 fully saturated rings. The number of anilines is 1. The van der Waals surface area contributed by atoms with Crippen molar-refractivity contribution in [1.82, 2.24) is 0 Å². The van der Waals surface area contributed by atoms with Crippen molar-refractivity contribution in [3.8, 4) is 0 Å². The molecule has 2 rings (SSSR count). The Bertz CT molecular complexity index is 863. The normalized spacial score (nSPS) is 12.8. The Labute approximate surface area is 156 Å². The molecule has 0 bridgehead atoms. The molecule has 0 aliphatic heterocycles. The predicted octanol–water partition coefficient (Wildman–Crippen LogP) is 4.24. The van der Waals surface area contributed by atoms with Crippen molar-refractivity contribution in [2.75, 3.05) is 4.31 Å². The largest absolute Gasteiger partial charge is 0.480 e. The van der Waals surface area contributed by atoms with Crippen LogP contribution in [0.25, 0.3) is 0 Å². The van der Waals surface area contributed by atoms with E-state index in [4.69, 9.17) is 0 Å². The maximum Gasteiger partial charge on any atom is 0.327 e. The lowest BCUT2D eigenvalue weighted by Crippen LogP contribution is -2.44. The Kier molecular flexibility index (Phi) is 5.90. The van der Waals surface area contributed by atoms with E-state index < -0.39 is 22.0 Å². The third kappa shape index (κ3) is 4.04. The lowest BCUT2D eigenvalue weighted by atomic mass is 10.0. The van der Waals surface area contributed by atoms with Crippen molar-refractivity contribution >= 4 is 37.6 Å². The van der Waals surface area contributed by atoms with Gasteiger partial charge in [-0.3, -0.25) is 4.31 Å². The molecule has 0 saturated heterocycles. The molecule has 0 spiro atoms. The summed E-state index contributed by atoms with van der Waals surface area (Å²) >= 11 is 3.27. The Balaban J connectivity index is 2.70. The van der Waals surface area contributed by atoms with Crippen LogP contribution in [0.15, 0.2) is 57.9 Å². The molecule has 0 amide bonds. The van der Waals surface area contributed by atoms with Gasteiger partial charge >= 0.3 is 5.97 Å². The molecule has 1 unspecified atom stereocenters. The first-order chi connectivity index (χ1) is 11.7. The Hall–Kier alpha value is -1.86. The number of hydrogen-bond acceptors (Lipinski definition) is 3. The highest BCUT2D eigenvalue weighted by molar-refractivity contribution is 9.10. The summed E-state index contributed by atoms with van der Waals surface area (Å²) in [6.45, 7) is 5.25. The van der Waals surface area contributed by atoms with Gasteiger partial charge in [0, 0.05) is 4.47 Å². The zero-order valence-corrected chi connectivity index (χ0v) is 16.6. The molecule has 0 heterocycles. The zero-order valence-electron chi connectivity index (χ0n) is 14.2. The van der Waals surface area contributed by atoms with E-state index in [1.54, 1.807) is 24.3 Å². The molecule has 25 heavy (non-hydrogen) atoms. The summed E-state index contributed by atoms with van der Waals surface area (Å²) < 4.78 is 28.2. The van der Waals surface area contributed by atoms with Crippen molar-refractivity contribution in [1.29, 1.82) is 0 Å². The number of carboxylic acid groups (broad SMARTS) is 1. The van der Waals surface area contributed by atoms with Crippen molar-refractivity contribution in [2.45, 2.75) is 37.6 Å². The number of nitrogens with zero attached hydrogens (tertiary/aromatic N) is 1. The van der Waals surface area contributed by atoms with E-state index in [1.807, 2.05) is 26.0 Å². The standard InChI is InChI=1S/C18H20BrNO4S/c1-12(2)16-6-4-5-7-17(16)20(13(3)18(21)22)25(23,24)15-10-8-14(19)9-11-15/h4-13H,1-3H3,(H,21,22). The van der Waals surface area contributed by atoms with Gasteiger partial charge in [-0.25, -0.2) is 13.2 Å². The Morgan fingerprint density at radius 2 is 1.60 bits per heavy atom. The van der Waals surface area contributed by atoms with Crippen LogP contribution < -0.4 is 4.31 Å². The molecule has 1 atom stereocenters. The van der Waals surface area contributed by atoms with E-state index in [-0.39, 0.29) is 10.8 Å². The van der Waals surface area contributed by atoms with Gasteiger partial charge < -0.3 is 5.11 Å². The second-order valence-electron chi connectivity index (χ2n) is 5.98. The fourth-order valence-corrected chi connectivity index (χ4v) is 4.45. The maximum absolute atomic E-state index is 13.2. The first-order valence-electron chi connectivity index (χ1n) is 7.78. The highest BCUT2D eigenvalue weighted by Gasteiger charge is 2.34. The number of hydrogen-bond donors (Lipinski definition) is 1. The Morgan fingerprint density at radius 1 is 1.04 bits per heavy atom. The van der Waals surface area contributed by atoms with Gasteiger partial charge in [0.1, 0.15) is 6.04 Å². The maximum atomic E-state index is 13.2. The number of rotatable bonds is 6. The average molecular weight is 426 g/mol.